The molecule has 0 aliphatic rings. The normalized spacial score (nSPS) is 11.4. The molecule has 0 fully saturated rings. The molecule has 0 unspecified atom stereocenters. The molecule has 0 heterocycles. The summed E-state index contributed by atoms with van der Waals surface area (Å²) in [5, 5.41) is 2.63. The van der Waals surface area contributed by atoms with Crippen LogP contribution in [-0.2, 0) is 11.2 Å². The van der Waals surface area contributed by atoms with Gasteiger partial charge in [0.05, 0.1) is 6.42 Å². The third-order valence-corrected chi connectivity index (χ3v) is 2.09. The largest absolute Gasteiger partial charge is 0.354 e. The Morgan fingerprint density at radius 1 is 1.35 bits per heavy atom. The number of hydrogen-bond donors (Lipinski definition) is 2. The summed E-state index contributed by atoms with van der Waals surface area (Å²) in [7, 11) is 0. The Morgan fingerprint density at radius 2 is 2.00 bits per heavy atom. The van der Waals surface area contributed by atoms with Crippen molar-refractivity contribution in [1.29, 1.82) is 0 Å². The smallest absolute Gasteiger partial charge is 0.224 e. The van der Waals surface area contributed by atoms with Gasteiger partial charge in [0.1, 0.15) is 0 Å². The molecule has 3 N–H and O–H groups in total. The van der Waals surface area contributed by atoms with Crippen LogP contribution in [0.2, 0.25) is 0 Å². The first-order valence-corrected chi connectivity index (χ1v) is 5.27. The van der Waals surface area contributed by atoms with Crippen molar-refractivity contribution in [3.05, 3.63) is 35.4 Å². The van der Waals surface area contributed by atoms with Crippen LogP contribution in [0.1, 0.15) is 19.4 Å². The molecule has 1 amide bonds. The quantitative estimate of drug-likeness (QED) is 0.837. The molecule has 1 aromatic carbocycles. The second-order valence-electron chi connectivity index (χ2n) is 4.69. The minimum Gasteiger partial charge on any atom is -0.354 e. The molecule has 0 aromatic heterocycles. The van der Waals surface area contributed by atoms with E-state index in [4.69, 9.17) is 5.73 Å². The molecular formula is C12H16F2N2O. The Kier molecular flexibility index (Phi) is 4.17. The summed E-state index contributed by atoms with van der Waals surface area (Å²) in [6.07, 6.45) is 0.00722. The van der Waals surface area contributed by atoms with Gasteiger partial charge < -0.3 is 11.1 Å². The molecule has 94 valence electrons. The second kappa shape index (κ2) is 5.23. The number of halogens is 2. The van der Waals surface area contributed by atoms with E-state index < -0.39 is 17.2 Å². The number of hydrogen-bond acceptors (Lipinski definition) is 2. The van der Waals surface area contributed by atoms with Crippen molar-refractivity contribution < 1.29 is 13.6 Å². The van der Waals surface area contributed by atoms with E-state index >= 15 is 0 Å². The fourth-order valence-electron chi connectivity index (χ4n) is 1.22. The number of carbonyl (C=O) groups excluding carboxylic acids is 1. The Labute approximate surface area is 99.0 Å². The van der Waals surface area contributed by atoms with Crippen molar-refractivity contribution in [1.82, 2.24) is 5.32 Å². The monoisotopic (exact) mass is 242 g/mol. The Hall–Kier alpha value is -1.49. The fourth-order valence-corrected chi connectivity index (χ4v) is 1.22. The summed E-state index contributed by atoms with van der Waals surface area (Å²) in [6.45, 7) is 3.89. The van der Waals surface area contributed by atoms with Gasteiger partial charge in [-0.15, -0.1) is 0 Å². The zero-order chi connectivity index (χ0) is 13.1. The second-order valence-corrected chi connectivity index (χ2v) is 4.69. The average Bonchev–Trinajstić information content (AvgIpc) is 2.20. The van der Waals surface area contributed by atoms with Crippen LogP contribution in [0.15, 0.2) is 18.2 Å². The van der Waals surface area contributed by atoms with Gasteiger partial charge in [0.2, 0.25) is 5.91 Å². The van der Waals surface area contributed by atoms with Crippen molar-refractivity contribution in [2.45, 2.75) is 25.8 Å². The molecule has 0 spiro atoms. The number of benzene rings is 1. The first kappa shape index (κ1) is 13.6. The number of amides is 1. The maximum Gasteiger partial charge on any atom is 0.224 e. The highest BCUT2D eigenvalue weighted by Crippen LogP contribution is 2.09. The highest BCUT2D eigenvalue weighted by atomic mass is 19.2. The standard InChI is InChI=1S/C12H16F2N2O/c1-12(2,15)7-16-11(17)6-8-3-4-9(13)10(14)5-8/h3-5H,6-7,15H2,1-2H3,(H,16,17). The zero-order valence-electron chi connectivity index (χ0n) is 9.89. The van der Waals surface area contributed by atoms with E-state index in [0.29, 0.717) is 12.1 Å². The SMILES string of the molecule is CC(C)(N)CNC(=O)Cc1ccc(F)c(F)c1. The summed E-state index contributed by atoms with van der Waals surface area (Å²) < 4.78 is 25.5. The maximum absolute atomic E-state index is 12.9. The minimum atomic E-state index is -0.950. The zero-order valence-corrected chi connectivity index (χ0v) is 9.89. The molecular weight excluding hydrogens is 226 g/mol. The topological polar surface area (TPSA) is 55.1 Å². The van der Waals surface area contributed by atoms with Crippen LogP contribution >= 0.6 is 0 Å². The number of carbonyl (C=O) groups is 1. The van der Waals surface area contributed by atoms with E-state index in [1.807, 2.05) is 0 Å². The third-order valence-electron chi connectivity index (χ3n) is 2.09. The molecule has 0 saturated heterocycles. The molecule has 17 heavy (non-hydrogen) atoms. The van der Waals surface area contributed by atoms with E-state index in [9.17, 15) is 13.6 Å². The maximum atomic E-state index is 12.9. The van der Waals surface area contributed by atoms with Crippen LogP contribution in [0.5, 0.6) is 0 Å². The van der Waals surface area contributed by atoms with E-state index in [2.05, 4.69) is 5.32 Å². The summed E-state index contributed by atoms with van der Waals surface area (Å²) in [4.78, 5) is 11.5. The van der Waals surface area contributed by atoms with Gasteiger partial charge in [-0.25, -0.2) is 8.78 Å². The van der Waals surface area contributed by atoms with Gasteiger partial charge in [0, 0.05) is 12.1 Å². The molecule has 1 aromatic rings. The molecule has 0 saturated carbocycles. The lowest BCUT2D eigenvalue weighted by atomic mass is 10.1. The molecule has 0 radical (unpaired) electrons. The van der Waals surface area contributed by atoms with Crippen molar-refractivity contribution in [2.75, 3.05) is 6.54 Å². The highest BCUT2D eigenvalue weighted by Gasteiger charge is 2.13. The van der Waals surface area contributed by atoms with Crippen LogP contribution in [0.25, 0.3) is 0 Å². The van der Waals surface area contributed by atoms with Crippen LogP contribution in [-0.4, -0.2) is 18.0 Å². The first-order valence-electron chi connectivity index (χ1n) is 5.27. The Bertz CT molecular complexity index is 413. The Balaban J connectivity index is 2.54. The van der Waals surface area contributed by atoms with Gasteiger partial charge in [-0.3, -0.25) is 4.79 Å². The van der Waals surface area contributed by atoms with Crippen LogP contribution in [0.3, 0.4) is 0 Å². The molecule has 0 bridgehead atoms. The van der Waals surface area contributed by atoms with Crippen LogP contribution in [0, 0.1) is 11.6 Å². The highest BCUT2D eigenvalue weighted by molar-refractivity contribution is 5.78. The minimum absolute atomic E-state index is 0.00722. The van der Waals surface area contributed by atoms with Crippen molar-refractivity contribution in [2.24, 2.45) is 5.73 Å². The lowest BCUT2D eigenvalue weighted by Crippen LogP contribution is -2.45. The van der Waals surface area contributed by atoms with Crippen molar-refractivity contribution in [3.8, 4) is 0 Å². The third kappa shape index (κ3) is 4.91. The fraction of sp³-hybridized carbons (Fsp3) is 0.417. The summed E-state index contributed by atoms with van der Waals surface area (Å²) >= 11 is 0. The lowest BCUT2D eigenvalue weighted by molar-refractivity contribution is -0.120. The summed E-state index contributed by atoms with van der Waals surface area (Å²) in [5.41, 5.74) is 5.63. The lowest BCUT2D eigenvalue weighted by Gasteiger charge is -2.18. The van der Waals surface area contributed by atoms with Crippen molar-refractivity contribution >= 4 is 5.91 Å². The predicted octanol–water partition coefficient (Wildman–Crippen LogP) is 1.36. The van der Waals surface area contributed by atoms with Gasteiger partial charge >= 0.3 is 0 Å². The molecule has 1 rings (SSSR count). The van der Waals surface area contributed by atoms with E-state index in [1.54, 1.807) is 13.8 Å². The Morgan fingerprint density at radius 3 is 2.53 bits per heavy atom. The van der Waals surface area contributed by atoms with Crippen LogP contribution < -0.4 is 11.1 Å². The first-order chi connectivity index (χ1) is 7.78. The van der Waals surface area contributed by atoms with Gasteiger partial charge in [-0.05, 0) is 31.5 Å². The number of rotatable bonds is 4. The predicted molar refractivity (Wildman–Crippen MR) is 61.3 cm³/mol. The van der Waals surface area contributed by atoms with E-state index in [-0.39, 0.29) is 12.3 Å². The van der Waals surface area contributed by atoms with Gasteiger partial charge in [0.15, 0.2) is 11.6 Å². The summed E-state index contributed by atoms with van der Waals surface area (Å²) in [5.74, 6) is -2.14. The number of nitrogens with two attached hydrogens (primary N) is 1. The molecule has 0 aliphatic heterocycles. The molecule has 0 aliphatic carbocycles. The molecule has 3 nitrogen and oxygen atoms in total. The molecule has 5 heteroatoms. The van der Waals surface area contributed by atoms with Crippen LogP contribution in [0.4, 0.5) is 8.78 Å². The van der Waals surface area contributed by atoms with Gasteiger partial charge in [-0.1, -0.05) is 6.07 Å². The molecule has 0 atom stereocenters. The van der Waals surface area contributed by atoms with Crippen molar-refractivity contribution in [3.63, 3.8) is 0 Å². The van der Waals surface area contributed by atoms with Gasteiger partial charge in [0.25, 0.3) is 0 Å². The summed E-state index contributed by atoms with van der Waals surface area (Å²) in [6, 6.07) is 3.40. The van der Waals surface area contributed by atoms with E-state index in [1.165, 1.54) is 6.07 Å². The number of nitrogens with one attached hydrogen (secondary N) is 1. The van der Waals surface area contributed by atoms with E-state index in [0.717, 1.165) is 12.1 Å². The van der Waals surface area contributed by atoms with Gasteiger partial charge in [-0.2, -0.15) is 0 Å². The average molecular weight is 242 g/mol.